The summed E-state index contributed by atoms with van der Waals surface area (Å²) in [6.45, 7) is 2.56. The van der Waals surface area contributed by atoms with Gasteiger partial charge in [0.05, 0.1) is 16.8 Å². The van der Waals surface area contributed by atoms with Crippen molar-refractivity contribution in [2.24, 2.45) is 0 Å². The Kier molecular flexibility index (Phi) is 8.26. The second kappa shape index (κ2) is 12.0. The van der Waals surface area contributed by atoms with E-state index in [1.54, 1.807) is 54.4 Å². The maximum atomic E-state index is 13.9. The van der Waals surface area contributed by atoms with Gasteiger partial charge in [-0.3, -0.25) is 4.57 Å². The fraction of sp³-hybridized carbons (Fsp3) is 0.129. The van der Waals surface area contributed by atoms with E-state index >= 15 is 0 Å². The molecule has 0 spiro atoms. The molecule has 5 aromatic rings. The van der Waals surface area contributed by atoms with Gasteiger partial charge in [-0.2, -0.15) is 4.31 Å². The second-order valence-electron chi connectivity index (χ2n) is 8.94. The van der Waals surface area contributed by atoms with Crippen LogP contribution in [0.5, 0.6) is 0 Å². The van der Waals surface area contributed by atoms with E-state index in [0.29, 0.717) is 0 Å². The van der Waals surface area contributed by atoms with E-state index in [2.05, 4.69) is 4.98 Å². The third-order valence-corrected chi connectivity index (χ3v) is 8.92. The summed E-state index contributed by atoms with van der Waals surface area (Å²) in [4.78, 5) is 4.80. The molecule has 1 heterocycles. The number of hydrogen-bond acceptors (Lipinski definition) is 4. The van der Waals surface area contributed by atoms with Crippen molar-refractivity contribution in [3.63, 3.8) is 0 Å². The van der Waals surface area contributed by atoms with Gasteiger partial charge in [0.15, 0.2) is 5.16 Å². The Morgan fingerprint density at radius 2 is 1.36 bits per heavy atom. The molecule has 39 heavy (non-hydrogen) atoms. The first-order valence-electron chi connectivity index (χ1n) is 12.6. The van der Waals surface area contributed by atoms with Crippen molar-refractivity contribution in [2.45, 2.75) is 30.1 Å². The molecular formula is C31H28FN3O2S2. The quantitative estimate of drug-likeness (QED) is 0.171. The van der Waals surface area contributed by atoms with E-state index in [1.165, 1.54) is 16.4 Å². The Hall–Kier alpha value is -3.72. The van der Waals surface area contributed by atoms with Crippen LogP contribution in [0.3, 0.4) is 0 Å². The summed E-state index contributed by atoms with van der Waals surface area (Å²) in [5, 5.41) is 0.785. The second-order valence-corrected chi connectivity index (χ2v) is 12.1. The normalized spacial score (nSPS) is 11.7. The average molecular weight is 558 g/mol. The number of aromatic nitrogens is 2. The maximum Gasteiger partial charge on any atom is 0.243 e. The van der Waals surface area contributed by atoms with Gasteiger partial charge >= 0.3 is 0 Å². The molecule has 0 aliphatic rings. The lowest BCUT2D eigenvalue weighted by Crippen LogP contribution is -2.30. The first kappa shape index (κ1) is 26.9. The average Bonchev–Trinajstić information content (AvgIpc) is 3.38. The van der Waals surface area contributed by atoms with Crippen molar-refractivity contribution in [2.75, 3.05) is 5.75 Å². The molecule has 4 aromatic carbocycles. The van der Waals surface area contributed by atoms with Crippen LogP contribution in [0.1, 0.15) is 18.1 Å². The van der Waals surface area contributed by atoms with Gasteiger partial charge in [-0.25, -0.2) is 17.8 Å². The maximum absolute atomic E-state index is 13.9. The number of nitrogens with zero attached hydrogens (tertiary/aromatic N) is 3. The first-order valence-corrected chi connectivity index (χ1v) is 15.0. The van der Waals surface area contributed by atoms with Gasteiger partial charge in [0.1, 0.15) is 5.82 Å². The Bertz CT molecular complexity index is 1580. The van der Waals surface area contributed by atoms with Crippen LogP contribution >= 0.6 is 11.8 Å². The highest BCUT2D eigenvalue weighted by molar-refractivity contribution is 7.99. The minimum Gasteiger partial charge on any atom is -0.287 e. The summed E-state index contributed by atoms with van der Waals surface area (Å²) in [5.41, 5.74) is 4.22. The lowest BCUT2D eigenvalue weighted by Gasteiger charge is -2.23. The van der Waals surface area contributed by atoms with Gasteiger partial charge in [0, 0.05) is 24.3 Å². The SMILES string of the molecule is CCSc1ncc(-c2ccc(S(=O)(=O)N(Cc3ccccc3)Cc3ccccc3)cc2)n1-c1ccc(F)cc1. The van der Waals surface area contributed by atoms with Gasteiger partial charge in [-0.1, -0.05) is 91.5 Å². The highest BCUT2D eigenvalue weighted by Crippen LogP contribution is 2.31. The van der Waals surface area contributed by atoms with Crippen LogP contribution in [-0.4, -0.2) is 28.0 Å². The fourth-order valence-corrected chi connectivity index (χ4v) is 6.49. The molecule has 0 fully saturated rings. The van der Waals surface area contributed by atoms with Crippen molar-refractivity contribution in [3.05, 3.63) is 132 Å². The molecule has 0 atom stereocenters. The van der Waals surface area contributed by atoms with Crippen molar-refractivity contribution < 1.29 is 12.8 Å². The summed E-state index contributed by atoms with van der Waals surface area (Å²) in [6.07, 6.45) is 1.77. The van der Waals surface area contributed by atoms with E-state index in [0.717, 1.165) is 39.0 Å². The van der Waals surface area contributed by atoms with Crippen LogP contribution in [-0.2, 0) is 23.1 Å². The zero-order valence-corrected chi connectivity index (χ0v) is 23.1. The smallest absolute Gasteiger partial charge is 0.243 e. The Morgan fingerprint density at radius 3 is 1.90 bits per heavy atom. The lowest BCUT2D eigenvalue weighted by molar-refractivity contribution is 0.401. The molecule has 5 nitrogen and oxygen atoms in total. The van der Waals surface area contributed by atoms with Gasteiger partial charge in [0.25, 0.3) is 0 Å². The van der Waals surface area contributed by atoms with Crippen LogP contribution in [0, 0.1) is 5.82 Å². The van der Waals surface area contributed by atoms with Gasteiger partial charge in [-0.15, -0.1) is 0 Å². The molecule has 0 saturated heterocycles. The standard InChI is InChI=1S/C31H28FN3O2S2/c1-2-38-31-33-21-30(35(31)28-17-15-27(32)16-18-28)26-13-19-29(20-14-26)39(36,37)34(22-24-9-5-3-6-10-24)23-25-11-7-4-8-12-25/h3-21H,2,22-23H2,1H3. The number of sulfonamides is 1. The van der Waals surface area contributed by atoms with E-state index in [1.807, 2.05) is 72.2 Å². The van der Waals surface area contributed by atoms with Gasteiger partial charge in [-0.05, 0) is 53.3 Å². The molecule has 0 amide bonds. The number of hydrogen-bond donors (Lipinski definition) is 0. The van der Waals surface area contributed by atoms with Crippen LogP contribution in [0.25, 0.3) is 16.9 Å². The fourth-order valence-electron chi connectivity index (χ4n) is 4.36. The van der Waals surface area contributed by atoms with Crippen molar-refractivity contribution in [1.29, 1.82) is 0 Å². The summed E-state index contributed by atoms with van der Waals surface area (Å²) in [5.74, 6) is 0.517. The molecule has 0 bridgehead atoms. The van der Waals surface area contributed by atoms with E-state index in [4.69, 9.17) is 0 Å². The summed E-state index contributed by atoms with van der Waals surface area (Å²) in [6, 6.07) is 32.3. The Labute approximate surface area is 233 Å². The first-order chi connectivity index (χ1) is 19.0. The summed E-state index contributed by atoms with van der Waals surface area (Å²) >= 11 is 1.59. The molecule has 198 valence electrons. The van der Waals surface area contributed by atoms with E-state index in [-0.39, 0.29) is 23.8 Å². The van der Waals surface area contributed by atoms with E-state index in [9.17, 15) is 12.8 Å². The molecule has 0 saturated carbocycles. The number of halogens is 1. The molecule has 5 rings (SSSR count). The lowest BCUT2D eigenvalue weighted by atomic mass is 10.1. The largest absolute Gasteiger partial charge is 0.287 e. The van der Waals surface area contributed by atoms with E-state index < -0.39 is 10.0 Å². The molecule has 0 aliphatic heterocycles. The van der Waals surface area contributed by atoms with Crippen molar-refractivity contribution in [3.8, 4) is 16.9 Å². The van der Waals surface area contributed by atoms with Crippen LogP contribution in [0.15, 0.2) is 125 Å². The summed E-state index contributed by atoms with van der Waals surface area (Å²) in [7, 11) is -3.80. The number of rotatable bonds is 10. The molecule has 0 unspecified atom stereocenters. The zero-order chi connectivity index (χ0) is 27.2. The number of thioether (sulfide) groups is 1. The molecule has 1 aromatic heterocycles. The monoisotopic (exact) mass is 557 g/mol. The third-order valence-electron chi connectivity index (χ3n) is 6.28. The molecule has 0 radical (unpaired) electrons. The van der Waals surface area contributed by atoms with Gasteiger partial charge < -0.3 is 0 Å². The molecule has 0 N–H and O–H groups in total. The Balaban J connectivity index is 1.49. The minimum atomic E-state index is -3.80. The molecular weight excluding hydrogens is 529 g/mol. The third kappa shape index (κ3) is 6.14. The zero-order valence-electron chi connectivity index (χ0n) is 21.4. The molecule has 0 aliphatic carbocycles. The van der Waals surface area contributed by atoms with Crippen molar-refractivity contribution in [1.82, 2.24) is 13.9 Å². The minimum absolute atomic E-state index is 0.217. The highest BCUT2D eigenvalue weighted by Gasteiger charge is 2.25. The summed E-state index contributed by atoms with van der Waals surface area (Å²) < 4.78 is 44.8. The van der Waals surface area contributed by atoms with Gasteiger partial charge in [0.2, 0.25) is 10.0 Å². The van der Waals surface area contributed by atoms with Crippen LogP contribution in [0.2, 0.25) is 0 Å². The predicted octanol–water partition coefficient (Wildman–Crippen LogP) is 7.18. The number of imidazole rings is 1. The van der Waals surface area contributed by atoms with Crippen molar-refractivity contribution >= 4 is 21.8 Å². The Morgan fingerprint density at radius 1 is 0.795 bits per heavy atom. The highest BCUT2D eigenvalue weighted by atomic mass is 32.2. The number of benzene rings is 4. The predicted molar refractivity (Wildman–Crippen MR) is 155 cm³/mol. The topological polar surface area (TPSA) is 55.2 Å². The van der Waals surface area contributed by atoms with Crippen LogP contribution < -0.4 is 0 Å². The van der Waals surface area contributed by atoms with Crippen LogP contribution in [0.4, 0.5) is 4.39 Å². The molecule has 8 heteroatoms.